The number of amides is 1. The molecule has 26 heavy (non-hydrogen) atoms. The minimum Gasteiger partial charge on any atom is -0.410 e. The molecule has 1 aliphatic heterocycles. The zero-order chi connectivity index (χ0) is 17.9. The summed E-state index contributed by atoms with van der Waals surface area (Å²) >= 11 is 1.66. The molecule has 0 radical (unpaired) electrons. The van der Waals surface area contributed by atoms with E-state index in [9.17, 15) is 4.79 Å². The number of rotatable bonds is 3. The number of tetrazole rings is 1. The predicted octanol–water partition coefficient (Wildman–Crippen LogP) is 2.51. The van der Waals surface area contributed by atoms with Gasteiger partial charge in [0.1, 0.15) is 5.75 Å². The molecule has 1 aliphatic rings. The minimum absolute atomic E-state index is 0.316. The Morgan fingerprint density at radius 2 is 2.12 bits per heavy atom. The van der Waals surface area contributed by atoms with Crippen molar-refractivity contribution in [3.8, 4) is 5.75 Å². The topological polar surface area (TPSA) is 86.0 Å². The minimum atomic E-state index is -0.316. The fraction of sp³-hybridized carbons (Fsp3) is 0.353. The lowest BCUT2D eigenvalue weighted by Crippen LogP contribution is -2.41. The Morgan fingerprint density at radius 3 is 2.88 bits per heavy atom. The number of carbonyl (C=O) groups is 1. The summed E-state index contributed by atoms with van der Waals surface area (Å²) < 4.78 is 7.19. The van der Waals surface area contributed by atoms with E-state index < -0.39 is 0 Å². The highest BCUT2D eigenvalue weighted by atomic mass is 32.2. The number of nitrogens with zero attached hydrogens (tertiary/aromatic N) is 6. The van der Waals surface area contributed by atoms with E-state index in [0.29, 0.717) is 24.1 Å². The van der Waals surface area contributed by atoms with Gasteiger partial charge in [0.05, 0.1) is 5.52 Å². The van der Waals surface area contributed by atoms with Gasteiger partial charge >= 0.3 is 6.09 Å². The highest BCUT2D eigenvalue weighted by Crippen LogP contribution is 2.28. The summed E-state index contributed by atoms with van der Waals surface area (Å²) in [4.78, 5) is 18.5. The van der Waals surface area contributed by atoms with Crippen LogP contribution in [0.5, 0.6) is 5.75 Å². The van der Waals surface area contributed by atoms with Gasteiger partial charge in [0.25, 0.3) is 0 Å². The second kappa shape index (κ2) is 7.28. The summed E-state index contributed by atoms with van der Waals surface area (Å²) in [6.07, 6.45) is 3.17. The third-order valence-corrected chi connectivity index (χ3v) is 5.70. The van der Waals surface area contributed by atoms with Gasteiger partial charge in [0.2, 0.25) is 5.16 Å². The number of piperidine rings is 1. The summed E-state index contributed by atoms with van der Waals surface area (Å²) in [5, 5.41) is 13.7. The van der Waals surface area contributed by atoms with Gasteiger partial charge in [-0.2, -0.15) is 0 Å². The van der Waals surface area contributed by atoms with Gasteiger partial charge in [-0.3, -0.25) is 4.98 Å². The quantitative estimate of drug-likeness (QED) is 0.700. The Balaban J connectivity index is 1.33. The molecule has 0 unspecified atom stereocenters. The normalized spacial score (nSPS) is 15.3. The maximum atomic E-state index is 12.4. The van der Waals surface area contributed by atoms with Crippen LogP contribution in [0.25, 0.3) is 10.9 Å². The van der Waals surface area contributed by atoms with Gasteiger partial charge in [0, 0.05) is 43.0 Å². The molecule has 134 valence electrons. The zero-order valence-electron chi connectivity index (χ0n) is 14.3. The van der Waals surface area contributed by atoms with Crippen LogP contribution >= 0.6 is 11.8 Å². The van der Waals surface area contributed by atoms with Gasteiger partial charge in [-0.15, -0.1) is 5.10 Å². The van der Waals surface area contributed by atoms with Crippen molar-refractivity contribution in [3.05, 3.63) is 36.5 Å². The van der Waals surface area contributed by atoms with Gasteiger partial charge in [-0.05, 0) is 41.5 Å². The monoisotopic (exact) mass is 370 g/mol. The number of benzene rings is 1. The fourth-order valence-electron chi connectivity index (χ4n) is 2.90. The first kappa shape index (κ1) is 16.8. The van der Waals surface area contributed by atoms with E-state index in [-0.39, 0.29) is 6.09 Å². The van der Waals surface area contributed by atoms with Crippen molar-refractivity contribution >= 4 is 28.8 Å². The number of aromatic nitrogens is 5. The second-order valence-corrected chi connectivity index (χ2v) is 7.38. The van der Waals surface area contributed by atoms with E-state index in [1.807, 2.05) is 25.2 Å². The van der Waals surface area contributed by atoms with E-state index in [0.717, 1.165) is 28.9 Å². The van der Waals surface area contributed by atoms with E-state index in [4.69, 9.17) is 4.74 Å². The zero-order valence-corrected chi connectivity index (χ0v) is 15.1. The van der Waals surface area contributed by atoms with E-state index in [1.54, 1.807) is 39.7 Å². The highest BCUT2D eigenvalue weighted by Gasteiger charge is 2.26. The van der Waals surface area contributed by atoms with Gasteiger partial charge < -0.3 is 9.64 Å². The molecule has 8 nitrogen and oxygen atoms in total. The Morgan fingerprint density at radius 1 is 1.27 bits per heavy atom. The van der Waals surface area contributed by atoms with Crippen molar-refractivity contribution < 1.29 is 9.53 Å². The molecule has 0 spiro atoms. The average molecular weight is 370 g/mol. The molecule has 0 atom stereocenters. The largest absolute Gasteiger partial charge is 0.415 e. The third-order valence-electron chi connectivity index (χ3n) is 4.34. The summed E-state index contributed by atoms with van der Waals surface area (Å²) in [5.41, 5.74) is 0.810. The van der Waals surface area contributed by atoms with Crippen molar-refractivity contribution in [2.45, 2.75) is 23.2 Å². The molecule has 0 N–H and O–H groups in total. The number of pyridine rings is 1. The highest BCUT2D eigenvalue weighted by molar-refractivity contribution is 7.99. The Kier molecular flexibility index (Phi) is 4.70. The summed E-state index contributed by atoms with van der Waals surface area (Å²) in [6, 6.07) is 9.35. The molecule has 2 aromatic heterocycles. The van der Waals surface area contributed by atoms with E-state index in [2.05, 4.69) is 20.5 Å². The average Bonchev–Trinajstić information content (AvgIpc) is 3.07. The molecule has 1 aromatic carbocycles. The number of hydrogen-bond acceptors (Lipinski definition) is 7. The molecule has 1 amide bonds. The fourth-order valence-corrected chi connectivity index (χ4v) is 3.92. The first-order valence-corrected chi connectivity index (χ1v) is 9.27. The van der Waals surface area contributed by atoms with Crippen LogP contribution in [0.2, 0.25) is 0 Å². The van der Waals surface area contributed by atoms with Crippen LogP contribution in [0.1, 0.15) is 12.8 Å². The molecule has 0 aliphatic carbocycles. The van der Waals surface area contributed by atoms with Crippen LogP contribution < -0.4 is 4.74 Å². The van der Waals surface area contributed by atoms with Crippen molar-refractivity contribution in [1.82, 2.24) is 30.1 Å². The number of hydrogen-bond donors (Lipinski definition) is 0. The predicted molar refractivity (Wildman–Crippen MR) is 97.0 cm³/mol. The van der Waals surface area contributed by atoms with Gasteiger partial charge in [0.15, 0.2) is 0 Å². The Hall–Kier alpha value is -2.68. The summed E-state index contributed by atoms with van der Waals surface area (Å²) in [5.74, 6) is 0.517. The maximum absolute atomic E-state index is 12.4. The second-order valence-electron chi connectivity index (χ2n) is 6.12. The standard InChI is InChI=1S/C17H18N6O2S/c1-22-16(19-20-21-22)26-14-6-9-23(10-7-14)17(24)25-13-5-4-12-3-2-8-18-15(12)11-13/h2-5,8,11,14H,6-7,9-10H2,1H3. The summed E-state index contributed by atoms with van der Waals surface area (Å²) in [6.45, 7) is 1.32. The summed E-state index contributed by atoms with van der Waals surface area (Å²) in [7, 11) is 1.83. The van der Waals surface area contributed by atoms with Crippen LogP contribution in [-0.4, -0.2) is 54.5 Å². The molecular weight excluding hydrogens is 352 g/mol. The Bertz CT molecular complexity index is 922. The first-order chi connectivity index (χ1) is 12.7. The molecule has 0 bridgehead atoms. The van der Waals surface area contributed by atoms with Gasteiger partial charge in [-0.25, -0.2) is 9.48 Å². The number of fused-ring (bicyclic) bond motifs is 1. The lowest BCUT2D eigenvalue weighted by Gasteiger charge is -2.30. The number of aryl methyl sites for hydroxylation is 1. The van der Waals surface area contributed by atoms with Crippen LogP contribution in [-0.2, 0) is 7.05 Å². The molecule has 3 heterocycles. The van der Waals surface area contributed by atoms with Crippen molar-refractivity contribution in [2.24, 2.45) is 7.05 Å². The van der Waals surface area contributed by atoms with Crippen LogP contribution in [0, 0.1) is 0 Å². The molecule has 3 aromatic rings. The number of carbonyl (C=O) groups excluding carboxylic acids is 1. The number of thioether (sulfide) groups is 1. The molecule has 1 fully saturated rings. The lowest BCUT2D eigenvalue weighted by atomic mass is 10.1. The van der Waals surface area contributed by atoms with Crippen LogP contribution in [0.3, 0.4) is 0 Å². The van der Waals surface area contributed by atoms with Crippen LogP contribution in [0.15, 0.2) is 41.7 Å². The smallest absolute Gasteiger partial charge is 0.410 e. The van der Waals surface area contributed by atoms with Crippen molar-refractivity contribution in [1.29, 1.82) is 0 Å². The van der Waals surface area contributed by atoms with E-state index in [1.165, 1.54) is 0 Å². The SMILES string of the molecule is Cn1nnnc1SC1CCN(C(=O)Oc2ccc3cccnc3c2)CC1. The third kappa shape index (κ3) is 3.62. The number of likely N-dealkylation sites (tertiary alicyclic amines) is 1. The van der Waals surface area contributed by atoms with Gasteiger partial charge in [-0.1, -0.05) is 17.8 Å². The molecule has 4 rings (SSSR count). The molecule has 0 saturated carbocycles. The molecule has 1 saturated heterocycles. The maximum Gasteiger partial charge on any atom is 0.415 e. The lowest BCUT2D eigenvalue weighted by molar-refractivity contribution is 0.143. The molecular formula is C17H18N6O2S. The van der Waals surface area contributed by atoms with Crippen molar-refractivity contribution in [2.75, 3.05) is 13.1 Å². The number of ether oxygens (including phenoxy) is 1. The first-order valence-electron chi connectivity index (χ1n) is 8.39. The Labute approximate surface area is 154 Å². The van der Waals surface area contributed by atoms with Crippen molar-refractivity contribution in [3.63, 3.8) is 0 Å². The molecule has 9 heteroatoms. The van der Waals surface area contributed by atoms with Crippen LogP contribution in [0.4, 0.5) is 4.79 Å². The van der Waals surface area contributed by atoms with E-state index >= 15 is 0 Å².